The van der Waals surface area contributed by atoms with Gasteiger partial charge in [0.1, 0.15) is 10.6 Å². The van der Waals surface area contributed by atoms with Crippen LogP contribution in [0.5, 0.6) is 0 Å². The summed E-state index contributed by atoms with van der Waals surface area (Å²) < 4.78 is 0. The van der Waals surface area contributed by atoms with Gasteiger partial charge in [0.05, 0.1) is 4.88 Å². The van der Waals surface area contributed by atoms with Gasteiger partial charge in [-0.3, -0.25) is 4.79 Å². The zero-order valence-corrected chi connectivity index (χ0v) is 13.8. The van der Waals surface area contributed by atoms with Crippen molar-refractivity contribution in [1.82, 2.24) is 9.88 Å². The van der Waals surface area contributed by atoms with Gasteiger partial charge in [0.2, 0.25) is 0 Å². The number of nitrogens with zero attached hydrogens (tertiary/aromatic N) is 3. The Hall–Kier alpha value is -1.46. The van der Waals surface area contributed by atoms with Crippen molar-refractivity contribution < 1.29 is 4.79 Å². The van der Waals surface area contributed by atoms with Crippen LogP contribution < -0.4 is 4.90 Å². The summed E-state index contributed by atoms with van der Waals surface area (Å²) in [6, 6.07) is 6.08. The number of thiophene rings is 1. The molecule has 1 saturated heterocycles. The number of hydrogen-bond donors (Lipinski definition) is 0. The molecule has 0 saturated carbocycles. The van der Waals surface area contributed by atoms with Gasteiger partial charge >= 0.3 is 0 Å². The van der Waals surface area contributed by atoms with Gasteiger partial charge in [-0.1, -0.05) is 0 Å². The Bertz CT molecular complexity index is 694. The van der Waals surface area contributed by atoms with Gasteiger partial charge in [-0.2, -0.15) is 0 Å². The zero-order valence-electron chi connectivity index (χ0n) is 13.0. The Balaban J connectivity index is 1.90. The third-order valence-corrected chi connectivity index (χ3v) is 5.72. The molecule has 1 atom stereocenters. The molecule has 2 aromatic rings. The SMILES string of the molecule is CC(=O)c1cc2ccc(N3CCC(C)(N(C)C)C3)nc2s1. The van der Waals surface area contributed by atoms with E-state index in [1.165, 1.54) is 11.3 Å². The smallest absolute Gasteiger partial charge is 0.169 e. The van der Waals surface area contributed by atoms with Crippen LogP contribution in [0.4, 0.5) is 5.82 Å². The first-order chi connectivity index (χ1) is 9.89. The minimum absolute atomic E-state index is 0.112. The van der Waals surface area contributed by atoms with Gasteiger partial charge in [-0.25, -0.2) is 4.98 Å². The molecule has 1 fully saturated rings. The molecular weight excluding hydrogens is 282 g/mol. The van der Waals surface area contributed by atoms with Crippen molar-refractivity contribution in [2.45, 2.75) is 25.8 Å². The van der Waals surface area contributed by atoms with Crippen LogP contribution in [0, 0.1) is 0 Å². The molecule has 0 spiro atoms. The third-order valence-electron chi connectivity index (χ3n) is 4.57. The number of pyridine rings is 1. The summed E-state index contributed by atoms with van der Waals surface area (Å²) in [6.07, 6.45) is 1.14. The van der Waals surface area contributed by atoms with E-state index < -0.39 is 0 Å². The number of likely N-dealkylation sites (N-methyl/N-ethyl adjacent to an activating group) is 1. The molecule has 1 aliphatic heterocycles. The quantitative estimate of drug-likeness (QED) is 0.817. The lowest BCUT2D eigenvalue weighted by Crippen LogP contribution is -2.43. The van der Waals surface area contributed by atoms with Gasteiger partial charge in [-0.15, -0.1) is 11.3 Å². The molecule has 4 nitrogen and oxygen atoms in total. The fourth-order valence-electron chi connectivity index (χ4n) is 2.76. The Morgan fingerprint density at radius 1 is 1.43 bits per heavy atom. The highest BCUT2D eigenvalue weighted by Gasteiger charge is 2.36. The number of rotatable bonds is 3. The van der Waals surface area contributed by atoms with Crippen LogP contribution in [0.1, 0.15) is 29.9 Å². The summed E-state index contributed by atoms with van der Waals surface area (Å²) in [5.74, 6) is 1.13. The number of carbonyl (C=O) groups is 1. The minimum atomic E-state index is 0.112. The molecule has 0 radical (unpaired) electrons. The molecule has 1 unspecified atom stereocenters. The van der Waals surface area contributed by atoms with E-state index in [0.29, 0.717) is 0 Å². The number of aromatic nitrogens is 1. The average molecular weight is 303 g/mol. The largest absolute Gasteiger partial charge is 0.355 e. The fraction of sp³-hybridized carbons (Fsp3) is 0.500. The molecule has 1 aliphatic rings. The van der Waals surface area contributed by atoms with Crippen LogP contribution >= 0.6 is 11.3 Å². The Morgan fingerprint density at radius 3 is 2.81 bits per heavy atom. The van der Waals surface area contributed by atoms with Gasteiger partial charge in [0, 0.05) is 24.0 Å². The van der Waals surface area contributed by atoms with E-state index in [2.05, 4.69) is 43.0 Å². The van der Waals surface area contributed by atoms with E-state index in [1.807, 2.05) is 6.07 Å². The molecule has 2 aromatic heterocycles. The van der Waals surface area contributed by atoms with E-state index in [0.717, 1.165) is 40.4 Å². The number of anilines is 1. The third kappa shape index (κ3) is 2.56. The predicted octanol–water partition coefficient (Wildman–Crippen LogP) is 3.03. The maximum Gasteiger partial charge on any atom is 0.169 e. The van der Waals surface area contributed by atoms with Crippen molar-refractivity contribution in [2.24, 2.45) is 0 Å². The van der Waals surface area contributed by atoms with Crippen LogP contribution in [-0.4, -0.2) is 48.4 Å². The van der Waals surface area contributed by atoms with Crippen LogP contribution in [0.3, 0.4) is 0 Å². The minimum Gasteiger partial charge on any atom is -0.355 e. The van der Waals surface area contributed by atoms with Crippen molar-refractivity contribution in [3.8, 4) is 0 Å². The Morgan fingerprint density at radius 2 is 2.19 bits per heavy atom. The first kappa shape index (κ1) is 14.5. The van der Waals surface area contributed by atoms with E-state index in [-0.39, 0.29) is 11.3 Å². The lowest BCUT2D eigenvalue weighted by Gasteiger charge is -2.32. The highest BCUT2D eigenvalue weighted by Crippen LogP contribution is 2.31. The van der Waals surface area contributed by atoms with Gasteiger partial charge < -0.3 is 9.80 Å². The van der Waals surface area contributed by atoms with E-state index in [9.17, 15) is 4.79 Å². The van der Waals surface area contributed by atoms with E-state index in [4.69, 9.17) is 4.98 Å². The van der Waals surface area contributed by atoms with Crippen LogP contribution in [0.15, 0.2) is 18.2 Å². The van der Waals surface area contributed by atoms with Crippen molar-refractivity contribution >= 4 is 33.2 Å². The summed E-state index contributed by atoms with van der Waals surface area (Å²) >= 11 is 1.49. The number of ketones is 1. The molecule has 3 rings (SSSR count). The molecule has 0 amide bonds. The van der Waals surface area contributed by atoms with Gasteiger partial charge in [0.25, 0.3) is 0 Å². The molecule has 0 bridgehead atoms. The maximum absolute atomic E-state index is 11.5. The van der Waals surface area contributed by atoms with Gasteiger partial charge in [0.15, 0.2) is 5.78 Å². The van der Waals surface area contributed by atoms with E-state index in [1.54, 1.807) is 6.92 Å². The summed E-state index contributed by atoms with van der Waals surface area (Å²) in [5.41, 5.74) is 0.205. The lowest BCUT2D eigenvalue weighted by atomic mass is 10.0. The first-order valence-corrected chi connectivity index (χ1v) is 8.05. The monoisotopic (exact) mass is 303 g/mol. The molecule has 5 heteroatoms. The standard InChI is InChI=1S/C16H21N3OS/c1-11(20)13-9-12-5-6-14(17-15(12)21-13)19-8-7-16(2,10-19)18(3)4/h5-6,9H,7-8,10H2,1-4H3. The number of Topliss-reactive ketones (excluding diaryl/α,β-unsaturated/α-hetero) is 1. The number of fused-ring (bicyclic) bond motifs is 1. The molecule has 3 heterocycles. The van der Waals surface area contributed by atoms with E-state index >= 15 is 0 Å². The summed E-state index contributed by atoms with van der Waals surface area (Å²) in [5, 5.41) is 1.06. The van der Waals surface area contributed by atoms with Crippen molar-refractivity contribution in [3.63, 3.8) is 0 Å². The lowest BCUT2D eigenvalue weighted by molar-refractivity contribution is 0.102. The van der Waals surface area contributed by atoms with Crippen LogP contribution in [0.2, 0.25) is 0 Å². The molecule has 0 aliphatic carbocycles. The number of hydrogen-bond acceptors (Lipinski definition) is 5. The highest BCUT2D eigenvalue weighted by molar-refractivity contribution is 7.20. The summed E-state index contributed by atoms with van der Waals surface area (Å²) in [6.45, 7) is 5.92. The van der Waals surface area contributed by atoms with Crippen molar-refractivity contribution in [3.05, 3.63) is 23.1 Å². The first-order valence-electron chi connectivity index (χ1n) is 7.23. The van der Waals surface area contributed by atoms with Crippen molar-refractivity contribution in [1.29, 1.82) is 0 Å². The summed E-state index contributed by atoms with van der Waals surface area (Å²) in [7, 11) is 4.27. The second-order valence-corrected chi connectivity index (χ2v) is 7.32. The molecule has 0 aromatic carbocycles. The predicted molar refractivity (Wildman–Crippen MR) is 88.5 cm³/mol. The normalized spacial score (nSPS) is 22.4. The maximum atomic E-state index is 11.5. The van der Waals surface area contributed by atoms with Crippen LogP contribution in [-0.2, 0) is 0 Å². The summed E-state index contributed by atoms with van der Waals surface area (Å²) in [4.78, 5) is 22.6. The average Bonchev–Trinajstić information content (AvgIpc) is 3.02. The van der Waals surface area contributed by atoms with Crippen LogP contribution in [0.25, 0.3) is 10.2 Å². The van der Waals surface area contributed by atoms with Gasteiger partial charge in [-0.05, 0) is 52.6 Å². The number of carbonyl (C=O) groups excluding carboxylic acids is 1. The molecular formula is C16H21N3OS. The molecule has 112 valence electrons. The second kappa shape index (κ2) is 5.07. The molecule has 0 N–H and O–H groups in total. The Kier molecular flexibility index (Phi) is 3.50. The second-order valence-electron chi connectivity index (χ2n) is 6.29. The Labute approximate surface area is 129 Å². The topological polar surface area (TPSA) is 36.4 Å². The highest BCUT2D eigenvalue weighted by atomic mass is 32.1. The fourth-order valence-corrected chi connectivity index (χ4v) is 3.69. The molecule has 21 heavy (non-hydrogen) atoms. The van der Waals surface area contributed by atoms with Crippen molar-refractivity contribution in [2.75, 3.05) is 32.1 Å². The zero-order chi connectivity index (χ0) is 15.2.